The smallest absolute Gasteiger partial charge is 0.0649 e. The molecule has 1 nitrogen and oxygen atoms in total. The molecule has 0 bridgehead atoms. The van der Waals surface area contributed by atoms with Crippen LogP contribution >= 0.6 is 0 Å². The second kappa shape index (κ2) is 2.28. The van der Waals surface area contributed by atoms with Crippen LogP contribution in [0.2, 0.25) is 0 Å². The summed E-state index contributed by atoms with van der Waals surface area (Å²) in [5.41, 5.74) is 7.01. The Hall–Kier alpha value is -1.07. The van der Waals surface area contributed by atoms with Crippen LogP contribution in [0.5, 0.6) is 0 Å². The molecule has 1 rings (SSSR count). The first kappa shape index (κ1) is 7.04. The van der Waals surface area contributed by atoms with Crippen molar-refractivity contribution in [3.63, 3.8) is 0 Å². The minimum atomic E-state index is 0.586. The summed E-state index contributed by atoms with van der Waals surface area (Å²) in [7, 11) is 0. The standard InChI is InChI=1S/C9H11N/c1-6-4-5-9(10)8(3)7(6)2/h5,10H,1-3H3. The molecule has 0 atom stereocenters. The monoisotopic (exact) mass is 133 g/mol. The van der Waals surface area contributed by atoms with Gasteiger partial charge in [0.05, 0.1) is 5.71 Å². The molecule has 0 saturated carbocycles. The number of hydrogen-bond acceptors (Lipinski definition) is 1. The Morgan fingerprint density at radius 1 is 1.20 bits per heavy atom. The minimum absolute atomic E-state index is 0.586. The summed E-state index contributed by atoms with van der Waals surface area (Å²) >= 11 is 0. The van der Waals surface area contributed by atoms with E-state index < -0.39 is 0 Å². The first-order chi connectivity index (χ1) is 4.63. The highest BCUT2D eigenvalue weighted by molar-refractivity contribution is 6.07. The summed E-state index contributed by atoms with van der Waals surface area (Å²) in [6.07, 6.45) is 1.72. The van der Waals surface area contributed by atoms with Gasteiger partial charge in [-0.2, -0.15) is 0 Å². The Kier molecular flexibility index (Phi) is 1.60. The van der Waals surface area contributed by atoms with Crippen molar-refractivity contribution in [3.8, 4) is 0 Å². The zero-order valence-corrected chi connectivity index (χ0v) is 6.58. The molecule has 1 N–H and O–H groups in total. The van der Waals surface area contributed by atoms with Crippen LogP contribution in [0.3, 0.4) is 0 Å². The molecule has 0 aliphatic heterocycles. The fourth-order valence-corrected chi connectivity index (χ4v) is 0.880. The van der Waals surface area contributed by atoms with Crippen LogP contribution in [-0.2, 0) is 0 Å². The van der Waals surface area contributed by atoms with Crippen molar-refractivity contribution in [2.45, 2.75) is 20.8 Å². The molecule has 1 aliphatic carbocycles. The van der Waals surface area contributed by atoms with Gasteiger partial charge in [-0.25, -0.2) is 0 Å². The first-order valence-corrected chi connectivity index (χ1v) is 3.33. The zero-order valence-electron chi connectivity index (χ0n) is 6.58. The van der Waals surface area contributed by atoms with Crippen LogP contribution in [0.15, 0.2) is 28.5 Å². The van der Waals surface area contributed by atoms with E-state index in [-0.39, 0.29) is 0 Å². The van der Waals surface area contributed by atoms with E-state index in [1.165, 1.54) is 5.57 Å². The van der Waals surface area contributed by atoms with Crippen LogP contribution in [-0.4, -0.2) is 5.71 Å². The average Bonchev–Trinajstić information content (AvgIpc) is 1.93. The molecule has 0 aromatic heterocycles. The number of rotatable bonds is 0. The van der Waals surface area contributed by atoms with Crippen LogP contribution < -0.4 is 0 Å². The van der Waals surface area contributed by atoms with Gasteiger partial charge in [-0.1, -0.05) is 0 Å². The van der Waals surface area contributed by atoms with Crippen LogP contribution in [0.25, 0.3) is 0 Å². The van der Waals surface area contributed by atoms with Gasteiger partial charge < -0.3 is 0 Å². The van der Waals surface area contributed by atoms with E-state index in [1.54, 1.807) is 6.08 Å². The Morgan fingerprint density at radius 2 is 1.80 bits per heavy atom. The molecule has 52 valence electrons. The Bertz CT molecular complexity index is 273. The zero-order chi connectivity index (χ0) is 7.72. The summed E-state index contributed by atoms with van der Waals surface area (Å²) in [5.74, 6) is 0. The van der Waals surface area contributed by atoms with E-state index in [1.807, 2.05) is 20.8 Å². The predicted octanol–water partition coefficient (Wildman–Crippen LogP) is 2.46. The summed E-state index contributed by atoms with van der Waals surface area (Å²) in [6.45, 7) is 6.01. The average molecular weight is 133 g/mol. The van der Waals surface area contributed by atoms with Crippen molar-refractivity contribution in [1.29, 1.82) is 5.41 Å². The number of nitrogens with one attached hydrogen (secondary N) is 1. The lowest BCUT2D eigenvalue weighted by atomic mass is 9.97. The summed E-state index contributed by atoms with van der Waals surface area (Å²) in [4.78, 5) is 0. The van der Waals surface area contributed by atoms with Gasteiger partial charge in [0.25, 0.3) is 0 Å². The van der Waals surface area contributed by atoms with E-state index in [4.69, 9.17) is 5.41 Å². The van der Waals surface area contributed by atoms with Crippen molar-refractivity contribution >= 4 is 5.71 Å². The van der Waals surface area contributed by atoms with Gasteiger partial charge in [-0.05, 0) is 37.5 Å². The minimum Gasteiger partial charge on any atom is -0.300 e. The maximum atomic E-state index is 7.43. The quantitative estimate of drug-likeness (QED) is 0.491. The molecule has 0 unspecified atom stereocenters. The second-order valence-electron chi connectivity index (χ2n) is 2.58. The third-order valence-electron chi connectivity index (χ3n) is 1.96. The van der Waals surface area contributed by atoms with E-state index in [9.17, 15) is 0 Å². The molecule has 0 aromatic carbocycles. The largest absolute Gasteiger partial charge is 0.300 e. The third kappa shape index (κ3) is 0.960. The van der Waals surface area contributed by atoms with Crippen LogP contribution in [0, 0.1) is 5.41 Å². The van der Waals surface area contributed by atoms with E-state index in [2.05, 4.69) is 5.73 Å². The van der Waals surface area contributed by atoms with Crippen LogP contribution in [0.1, 0.15) is 20.8 Å². The number of allylic oxidation sites excluding steroid dienone is 3. The van der Waals surface area contributed by atoms with Gasteiger partial charge in [0.1, 0.15) is 0 Å². The van der Waals surface area contributed by atoms with Gasteiger partial charge >= 0.3 is 0 Å². The molecule has 0 spiro atoms. The molecule has 0 aromatic rings. The Labute approximate surface area is 61.3 Å². The molecule has 1 aliphatic rings. The Morgan fingerprint density at radius 3 is 2.30 bits per heavy atom. The number of hydrogen-bond donors (Lipinski definition) is 1. The highest BCUT2D eigenvalue weighted by atomic mass is 14.4. The van der Waals surface area contributed by atoms with Gasteiger partial charge in [-0.3, -0.25) is 5.41 Å². The second-order valence-corrected chi connectivity index (χ2v) is 2.58. The lowest BCUT2D eigenvalue weighted by molar-refractivity contribution is 1.27. The van der Waals surface area contributed by atoms with Crippen molar-refractivity contribution in [2.24, 2.45) is 0 Å². The fourth-order valence-electron chi connectivity index (χ4n) is 0.880. The molecule has 0 radical (unpaired) electrons. The van der Waals surface area contributed by atoms with Crippen molar-refractivity contribution in [1.82, 2.24) is 0 Å². The molecular weight excluding hydrogens is 122 g/mol. The lowest BCUT2D eigenvalue weighted by Gasteiger charge is -2.08. The molecule has 0 fully saturated rings. The lowest BCUT2D eigenvalue weighted by Crippen LogP contribution is -2.00. The molecular formula is C9H11N. The summed E-state index contributed by atoms with van der Waals surface area (Å²) in [5, 5.41) is 7.43. The molecule has 0 saturated heterocycles. The summed E-state index contributed by atoms with van der Waals surface area (Å²) in [6, 6.07) is 0. The molecule has 0 heterocycles. The fraction of sp³-hybridized carbons (Fsp3) is 0.333. The third-order valence-corrected chi connectivity index (χ3v) is 1.96. The predicted molar refractivity (Wildman–Crippen MR) is 43.4 cm³/mol. The van der Waals surface area contributed by atoms with Crippen molar-refractivity contribution in [2.75, 3.05) is 0 Å². The highest BCUT2D eigenvalue weighted by Crippen LogP contribution is 2.17. The van der Waals surface area contributed by atoms with Crippen molar-refractivity contribution < 1.29 is 0 Å². The maximum Gasteiger partial charge on any atom is 0.0649 e. The molecule has 1 heteroatoms. The van der Waals surface area contributed by atoms with Gasteiger partial charge in [-0.15, -0.1) is 5.73 Å². The normalized spacial score (nSPS) is 17.9. The van der Waals surface area contributed by atoms with E-state index >= 15 is 0 Å². The maximum absolute atomic E-state index is 7.43. The SMILES string of the molecule is CC1=C=CC(=N)C(C)=C1C. The van der Waals surface area contributed by atoms with Gasteiger partial charge in [0.15, 0.2) is 0 Å². The first-order valence-electron chi connectivity index (χ1n) is 3.33. The summed E-state index contributed by atoms with van der Waals surface area (Å²) < 4.78 is 0. The topological polar surface area (TPSA) is 23.9 Å². The highest BCUT2D eigenvalue weighted by Gasteiger charge is 2.05. The van der Waals surface area contributed by atoms with Crippen LogP contribution in [0.4, 0.5) is 0 Å². The van der Waals surface area contributed by atoms with E-state index in [0.29, 0.717) is 5.71 Å². The van der Waals surface area contributed by atoms with Gasteiger partial charge in [0.2, 0.25) is 0 Å². The van der Waals surface area contributed by atoms with E-state index in [0.717, 1.165) is 11.1 Å². The van der Waals surface area contributed by atoms with Crippen molar-refractivity contribution in [3.05, 3.63) is 28.5 Å². The molecule has 10 heavy (non-hydrogen) atoms. The van der Waals surface area contributed by atoms with Gasteiger partial charge in [0, 0.05) is 6.08 Å². The molecule has 0 amide bonds. The Balaban J connectivity index is 3.27.